The van der Waals surface area contributed by atoms with E-state index in [0.717, 1.165) is 22.4 Å². The standard InChI is InChI=1S/C27H25N3O3/c1-19-8-13-25(20(2)14-19)30-26(31)18-33-24-11-9-21(10-12-24)15-23(16-28)27(32)29-17-22-6-4-3-5-7-22/h3-15H,17-18H2,1-2H3,(H,29,32)(H,30,31)/b23-15+. The molecule has 3 rings (SSSR count). The number of carbonyl (C=O) groups excluding carboxylic acids is 2. The molecule has 0 spiro atoms. The summed E-state index contributed by atoms with van der Waals surface area (Å²) < 4.78 is 5.55. The first kappa shape index (κ1) is 23.3. The highest BCUT2D eigenvalue weighted by Gasteiger charge is 2.09. The van der Waals surface area contributed by atoms with Gasteiger partial charge in [0.15, 0.2) is 6.61 Å². The van der Waals surface area contributed by atoms with Crippen molar-refractivity contribution in [3.05, 3.63) is 101 Å². The summed E-state index contributed by atoms with van der Waals surface area (Å²) in [5.41, 5.74) is 4.50. The van der Waals surface area contributed by atoms with Crippen LogP contribution in [0.4, 0.5) is 5.69 Å². The Morgan fingerprint density at radius 1 is 1.00 bits per heavy atom. The summed E-state index contributed by atoms with van der Waals surface area (Å²) in [6, 6.07) is 24.0. The van der Waals surface area contributed by atoms with Gasteiger partial charge in [0.05, 0.1) is 0 Å². The number of ether oxygens (including phenoxy) is 1. The molecule has 0 aliphatic heterocycles. The molecule has 0 bridgehead atoms. The quantitative estimate of drug-likeness (QED) is 0.398. The van der Waals surface area contributed by atoms with Gasteiger partial charge in [0.1, 0.15) is 17.4 Å². The highest BCUT2D eigenvalue weighted by Crippen LogP contribution is 2.17. The van der Waals surface area contributed by atoms with Gasteiger partial charge in [0, 0.05) is 12.2 Å². The molecule has 6 heteroatoms. The molecule has 3 aromatic carbocycles. The van der Waals surface area contributed by atoms with Gasteiger partial charge in [-0.2, -0.15) is 5.26 Å². The number of nitrogens with one attached hydrogen (secondary N) is 2. The molecule has 3 aromatic rings. The van der Waals surface area contributed by atoms with E-state index in [9.17, 15) is 14.9 Å². The van der Waals surface area contributed by atoms with E-state index in [0.29, 0.717) is 17.9 Å². The van der Waals surface area contributed by atoms with E-state index >= 15 is 0 Å². The maximum Gasteiger partial charge on any atom is 0.262 e. The summed E-state index contributed by atoms with van der Waals surface area (Å²) in [6.07, 6.45) is 1.51. The van der Waals surface area contributed by atoms with Gasteiger partial charge in [0.2, 0.25) is 0 Å². The van der Waals surface area contributed by atoms with Crippen molar-refractivity contribution in [2.24, 2.45) is 0 Å². The molecule has 0 unspecified atom stereocenters. The molecule has 0 saturated heterocycles. The summed E-state index contributed by atoms with van der Waals surface area (Å²) in [5.74, 6) is -0.188. The predicted molar refractivity (Wildman–Crippen MR) is 128 cm³/mol. The predicted octanol–water partition coefficient (Wildman–Crippen LogP) is 4.54. The summed E-state index contributed by atoms with van der Waals surface area (Å²) in [4.78, 5) is 24.5. The lowest BCUT2D eigenvalue weighted by Gasteiger charge is -2.10. The van der Waals surface area contributed by atoms with E-state index in [2.05, 4.69) is 10.6 Å². The Morgan fingerprint density at radius 2 is 1.73 bits per heavy atom. The van der Waals surface area contributed by atoms with E-state index in [-0.39, 0.29) is 18.1 Å². The number of hydrogen-bond donors (Lipinski definition) is 2. The zero-order chi connectivity index (χ0) is 23.6. The van der Waals surface area contributed by atoms with E-state index in [1.165, 1.54) is 6.08 Å². The Balaban J connectivity index is 1.53. The van der Waals surface area contributed by atoms with Crippen LogP contribution in [0.3, 0.4) is 0 Å². The second-order valence-electron chi connectivity index (χ2n) is 7.56. The first-order valence-corrected chi connectivity index (χ1v) is 10.5. The zero-order valence-corrected chi connectivity index (χ0v) is 18.6. The minimum Gasteiger partial charge on any atom is -0.484 e. The summed E-state index contributed by atoms with van der Waals surface area (Å²) in [6.45, 7) is 4.15. The van der Waals surface area contributed by atoms with Crippen molar-refractivity contribution in [2.45, 2.75) is 20.4 Å². The van der Waals surface area contributed by atoms with Gasteiger partial charge >= 0.3 is 0 Å². The smallest absolute Gasteiger partial charge is 0.262 e. The highest BCUT2D eigenvalue weighted by atomic mass is 16.5. The number of aryl methyl sites for hydroxylation is 2. The number of carbonyl (C=O) groups is 2. The van der Waals surface area contributed by atoms with E-state index < -0.39 is 5.91 Å². The fraction of sp³-hybridized carbons (Fsp3) is 0.148. The molecule has 0 aliphatic rings. The van der Waals surface area contributed by atoms with Gasteiger partial charge in [-0.1, -0.05) is 60.2 Å². The normalized spacial score (nSPS) is 10.8. The second kappa shape index (κ2) is 11.3. The Kier molecular flexibility index (Phi) is 7.98. The van der Waals surface area contributed by atoms with Gasteiger partial charge < -0.3 is 15.4 Å². The van der Waals surface area contributed by atoms with Crippen LogP contribution in [0.25, 0.3) is 6.08 Å². The van der Waals surface area contributed by atoms with Gasteiger partial charge in [-0.3, -0.25) is 9.59 Å². The van der Waals surface area contributed by atoms with Crippen molar-refractivity contribution < 1.29 is 14.3 Å². The van der Waals surface area contributed by atoms with Crippen LogP contribution in [-0.4, -0.2) is 18.4 Å². The van der Waals surface area contributed by atoms with Gasteiger partial charge in [-0.25, -0.2) is 0 Å². The maximum absolute atomic E-state index is 12.3. The topological polar surface area (TPSA) is 91.2 Å². The molecule has 2 N–H and O–H groups in total. The van der Waals surface area contributed by atoms with Gasteiger partial charge in [-0.05, 0) is 54.8 Å². The SMILES string of the molecule is Cc1ccc(NC(=O)COc2ccc(/C=C(\C#N)C(=O)NCc3ccccc3)cc2)c(C)c1. The Bertz CT molecular complexity index is 1190. The lowest BCUT2D eigenvalue weighted by atomic mass is 10.1. The Labute approximate surface area is 193 Å². The fourth-order valence-electron chi connectivity index (χ4n) is 3.14. The van der Waals surface area contributed by atoms with Crippen LogP contribution in [0.1, 0.15) is 22.3 Å². The maximum atomic E-state index is 12.3. The molecule has 0 fully saturated rings. The summed E-state index contributed by atoms with van der Waals surface area (Å²) in [5, 5.41) is 14.9. The number of rotatable bonds is 8. The summed E-state index contributed by atoms with van der Waals surface area (Å²) in [7, 11) is 0. The zero-order valence-electron chi connectivity index (χ0n) is 18.6. The molecular weight excluding hydrogens is 414 g/mol. The molecule has 33 heavy (non-hydrogen) atoms. The van der Waals surface area contributed by atoms with Gasteiger partial charge in [-0.15, -0.1) is 0 Å². The molecule has 2 amide bonds. The molecule has 0 radical (unpaired) electrons. The first-order valence-electron chi connectivity index (χ1n) is 10.5. The monoisotopic (exact) mass is 439 g/mol. The van der Waals surface area contributed by atoms with E-state index in [1.807, 2.05) is 68.4 Å². The van der Waals surface area contributed by atoms with Crippen molar-refractivity contribution in [3.8, 4) is 11.8 Å². The van der Waals surface area contributed by atoms with E-state index in [1.54, 1.807) is 24.3 Å². The largest absolute Gasteiger partial charge is 0.484 e. The van der Waals surface area contributed by atoms with Crippen LogP contribution in [0.5, 0.6) is 5.75 Å². The van der Waals surface area contributed by atoms with Crippen LogP contribution in [0, 0.1) is 25.2 Å². The van der Waals surface area contributed by atoms with Crippen LogP contribution >= 0.6 is 0 Å². The number of anilines is 1. The number of hydrogen-bond acceptors (Lipinski definition) is 4. The third kappa shape index (κ3) is 7.08. The second-order valence-corrected chi connectivity index (χ2v) is 7.56. The number of benzene rings is 3. The third-order valence-corrected chi connectivity index (χ3v) is 4.88. The fourth-order valence-corrected chi connectivity index (χ4v) is 3.14. The lowest BCUT2D eigenvalue weighted by Crippen LogP contribution is -2.23. The Hall–Kier alpha value is -4.37. The van der Waals surface area contributed by atoms with Crippen molar-refractivity contribution in [2.75, 3.05) is 11.9 Å². The number of nitrogens with zero attached hydrogens (tertiary/aromatic N) is 1. The van der Waals surface area contributed by atoms with Crippen LogP contribution in [0.2, 0.25) is 0 Å². The van der Waals surface area contributed by atoms with Crippen molar-refractivity contribution in [1.29, 1.82) is 5.26 Å². The number of amides is 2. The number of nitriles is 1. The average Bonchev–Trinajstić information content (AvgIpc) is 2.83. The van der Waals surface area contributed by atoms with Crippen LogP contribution in [0.15, 0.2) is 78.4 Å². The molecule has 0 heterocycles. The minimum absolute atomic E-state index is 0.00689. The van der Waals surface area contributed by atoms with Crippen molar-refractivity contribution in [1.82, 2.24) is 5.32 Å². The Morgan fingerprint density at radius 3 is 2.39 bits per heavy atom. The molecule has 0 aromatic heterocycles. The average molecular weight is 440 g/mol. The van der Waals surface area contributed by atoms with Crippen molar-refractivity contribution >= 4 is 23.6 Å². The molecule has 0 atom stereocenters. The van der Waals surface area contributed by atoms with Crippen molar-refractivity contribution in [3.63, 3.8) is 0 Å². The lowest BCUT2D eigenvalue weighted by molar-refractivity contribution is -0.118. The first-order chi connectivity index (χ1) is 15.9. The molecule has 6 nitrogen and oxygen atoms in total. The van der Waals surface area contributed by atoms with Crippen LogP contribution < -0.4 is 15.4 Å². The van der Waals surface area contributed by atoms with Crippen LogP contribution in [-0.2, 0) is 16.1 Å². The molecular formula is C27H25N3O3. The molecule has 166 valence electrons. The van der Waals surface area contributed by atoms with Gasteiger partial charge in [0.25, 0.3) is 11.8 Å². The molecule has 0 aliphatic carbocycles. The molecule has 0 saturated carbocycles. The third-order valence-electron chi connectivity index (χ3n) is 4.88. The van der Waals surface area contributed by atoms with E-state index in [4.69, 9.17) is 4.74 Å². The highest BCUT2D eigenvalue weighted by molar-refractivity contribution is 6.01. The minimum atomic E-state index is -0.440. The summed E-state index contributed by atoms with van der Waals surface area (Å²) >= 11 is 0.